The van der Waals surface area contributed by atoms with E-state index in [1.54, 1.807) is 52.0 Å². The Bertz CT molecular complexity index is 1290. The molecule has 0 aromatic heterocycles. The summed E-state index contributed by atoms with van der Waals surface area (Å²) < 4.78 is 34.4. The number of ketones is 1. The van der Waals surface area contributed by atoms with Crippen LogP contribution in [-0.4, -0.2) is 123 Å². The number of aliphatic hydroxyl groups is 3. The topological polar surface area (TPSA) is 211 Å². The maximum atomic E-state index is 11.7. The fourth-order valence-corrected chi connectivity index (χ4v) is 2.87. The second-order valence-electron chi connectivity index (χ2n) is 12.0. The van der Waals surface area contributed by atoms with Crippen molar-refractivity contribution >= 4 is 29.7 Å². The Hall–Kier alpha value is -4.67. The third-order valence-corrected chi connectivity index (χ3v) is 5.78. The Kier molecular flexibility index (Phi) is 33.7. The molecule has 0 fully saturated rings. The van der Waals surface area contributed by atoms with Crippen molar-refractivity contribution in [2.45, 2.75) is 66.9 Å². The van der Waals surface area contributed by atoms with E-state index >= 15 is 0 Å². The lowest BCUT2D eigenvalue weighted by Gasteiger charge is -2.15. The molecule has 55 heavy (non-hydrogen) atoms. The van der Waals surface area contributed by atoms with E-state index in [9.17, 15) is 29.1 Å². The van der Waals surface area contributed by atoms with Crippen LogP contribution in [0.25, 0.3) is 0 Å². The standard InChI is InChI=1S/C14H22O6.C12H16O4.C8H14O2.C6H10O3/c1-11(2)13(15)19-9-7-17-5-6-18-8-10-20-14(16)12(3)4;1-12(2,15)11(14)9-3-5-10(6-4-9)16-8-7-13;1-4-5-6-10-8(9)7(2)3;1-5(2)6(8)9-4-3-7/h1,3,5-10H2,2,4H3;3-6,13,15H,7-8H2,1-2H3;2,4-6H2,1,3H3;7H,1,3-4H2,2H3. The first-order chi connectivity index (χ1) is 25.8. The van der Waals surface area contributed by atoms with Gasteiger partial charge in [-0.2, -0.15) is 0 Å². The number of carbonyl (C=O) groups is 5. The van der Waals surface area contributed by atoms with Gasteiger partial charge in [0.2, 0.25) is 0 Å². The number of unbranched alkanes of at least 4 members (excludes halogenated alkanes) is 1. The summed E-state index contributed by atoms with van der Waals surface area (Å²) in [7, 11) is 0. The minimum Gasteiger partial charge on any atom is -0.491 e. The van der Waals surface area contributed by atoms with Crippen LogP contribution in [0.15, 0.2) is 72.9 Å². The molecule has 0 amide bonds. The van der Waals surface area contributed by atoms with Gasteiger partial charge in [0.05, 0.1) is 46.2 Å². The number of ether oxygens (including phenoxy) is 7. The van der Waals surface area contributed by atoms with Crippen molar-refractivity contribution in [2.75, 3.05) is 72.7 Å². The highest BCUT2D eigenvalue weighted by molar-refractivity contribution is 6.01. The van der Waals surface area contributed by atoms with Crippen LogP contribution in [0.2, 0.25) is 0 Å². The minimum atomic E-state index is -1.37. The van der Waals surface area contributed by atoms with E-state index in [-0.39, 0.29) is 51.4 Å². The molecule has 0 aliphatic rings. The fourth-order valence-electron chi connectivity index (χ4n) is 2.87. The lowest BCUT2D eigenvalue weighted by atomic mass is 9.97. The molecule has 1 aromatic rings. The zero-order valence-corrected chi connectivity index (χ0v) is 33.6. The highest BCUT2D eigenvalue weighted by atomic mass is 16.6. The van der Waals surface area contributed by atoms with Gasteiger partial charge in [-0.05, 0) is 72.2 Å². The van der Waals surface area contributed by atoms with Gasteiger partial charge in [0.1, 0.15) is 37.8 Å². The molecule has 15 nitrogen and oxygen atoms in total. The van der Waals surface area contributed by atoms with E-state index in [2.05, 4.69) is 38.0 Å². The summed E-state index contributed by atoms with van der Waals surface area (Å²) in [6, 6.07) is 6.45. The summed E-state index contributed by atoms with van der Waals surface area (Å²) in [5.41, 5.74) is 0.603. The zero-order chi connectivity index (χ0) is 42.8. The molecule has 0 radical (unpaired) electrons. The van der Waals surface area contributed by atoms with E-state index in [4.69, 9.17) is 38.6 Å². The molecule has 3 N–H and O–H groups in total. The Labute approximate surface area is 325 Å². The van der Waals surface area contributed by atoms with E-state index in [0.29, 0.717) is 66.6 Å². The molecule has 0 saturated heterocycles. The van der Waals surface area contributed by atoms with E-state index in [1.807, 2.05) is 0 Å². The zero-order valence-electron chi connectivity index (χ0n) is 33.6. The van der Waals surface area contributed by atoms with Crippen molar-refractivity contribution in [3.8, 4) is 5.75 Å². The first-order valence-electron chi connectivity index (χ1n) is 17.4. The Morgan fingerprint density at radius 1 is 0.564 bits per heavy atom. The summed E-state index contributed by atoms with van der Waals surface area (Å²) >= 11 is 0. The van der Waals surface area contributed by atoms with Crippen molar-refractivity contribution in [1.82, 2.24) is 0 Å². The molecule has 0 spiro atoms. The van der Waals surface area contributed by atoms with Crippen molar-refractivity contribution in [1.29, 1.82) is 0 Å². The number of aliphatic hydroxyl groups excluding tert-OH is 2. The Morgan fingerprint density at radius 3 is 1.24 bits per heavy atom. The number of hydrogen-bond donors (Lipinski definition) is 3. The van der Waals surface area contributed by atoms with Crippen LogP contribution >= 0.6 is 0 Å². The van der Waals surface area contributed by atoms with Crippen molar-refractivity contribution in [2.24, 2.45) is 0 Å². The summed E-state index contributed by atoms with van der Waals surface area (Å²) in [5.74, 6) is -1.34. The average Bonchev–Trinajstić information content (AvgIpc) is 3.13. The molecular weight excluding hydrogens is 720 g/mol. The SMILES string of the molecule is C=C(C)C(=O)OCCCC.C=C(C)C(=O)OCCO.C=C(C)C(=O)OCCOCCOCCOC(=O)C(=C)C.CC(C)(O)C(=O)c1ccc(OCCO)cc1. The van der Waals surface area contributed by atoms with Crippen LogP contribution < -0.4 is 4.74 Å². The third-order valence-electron chi connectivity index (χ3n) is 5.78. The van der Waals surface area contributed by atoms with Crippen LogP contribution in [0.3, 0.4) is 0 Å². The van der Waals surface area contributed by atoms with Crippen molar-refractivity contribution < 1.29 is 72.5 Å². The van der Waals surface area contributed by atoms with Gasteiger partial charge in [0.25, 0.3) is 0 Å². The predicted molar refractivity (Wildman–Crippen MR) is 206 cm³/mol. The predicted octanol–water partition coefficient (Wildman–Crippen LogP) is 4.27. The molecule has 0 atom stereocenters. The molecule has 0 bridgehead atoms. The second-order valence-corrected chi connectivity index (χ2v) is 12.0. The van der Waals surface area contributed by atoms with Crippen LogP contribution in [0, 0.1) is 0 Å². The third kappa shape index (κ3) is 33.6. The molecule has 0 saturated carbocycles. The number of carbonyl (C=O) groups excluding carboxylic acids is 5. The van der Waals surface area contributed by atoms with Crippen LogP contribution in [0.4, 0.5) is 0 Å². The van der Waals surface area contributed by atoms with Crippen LogP contribution in [0.5, 0.6) is 5.75 Å². The Balaban J connectivity index is -0.000000690. The fraction of sp³-hybridized carbons (Fsp3) is 0.525. The number of hydrogen-bond acceptors (Lipinski definition) is 15. The molecular formula is C40H62O15. The van der Waals surface area contributed by atoms with Gasteiger partial charge >= 0.3 is 23.9 Å². The van der Waals surface area contributed by atoms with Gasteiger partial charge in [0, 0.05) is 27.9 Å². The lowest BCUT2D eigenvalue weighted by molar-refractivity contribution is -0.142. The molecule has 15 heteroatoms. The summed E-state index contributed by atoms with van der Waals surface area (Å²) in [6.45, 7) is 27.3. The van der Waals surface area contributed by atoms with Gasteiger partial charge in [-0.25, -0.2) is 19.2 Å². The lowest BCUT2D eigenvalue weighted by Crippen LogP contribution is -2.30. The first-order valence-corrected chi connectivity index (χ1v) is 17.4. The maximum absolute atomic E-state index is 11.7. The number of benzene rings is 1. The van der Waals surface area contributed by atoms with E-state index in [1.165, 1.54) is 13.8 Å². The molecule has 1 aromatic carbocycles. The molecule has 0 heterocycles. The normalized spacial score (nSPS) is 9.93. The second kappa shape index (κ2) is 33.9. The monoisotopic (exact) mass is 782 g/mol. The van der Waals surface area contributed by atoms with E-state index in [0.717, 1.165) is 12.8 Å². The van der Waals surface area contributed by atoms with Gasteiger partial charge in [-0.3, -0.25) is 4.79 Å². The highest BCUT2D eigenvalue weighted by Gasteiger charge is 2.24. The average molecular weight is 783 g/mol. The van der Waals surface area contributed by atoms with Crippen LogP contribution in [0.1, 0.15) is 71.7 Å². The number of esters is 4. The molecule has 0 aliphatic carbocycles. The highest BCUT2D eigenvalue weighted by Crippen LogP contribution is 2.17. The van der Waals surface area contributed by atoms with Crippen molar-refractivity contribution in [3.63, 3.8) is 0 Å². The quantitative estimate of drug-likeness (QED) is 0.0465. The molecule has 1 rings (SSSR count). The van der Waals surface area contributed by atoms with Crippen molar-refractivity contribution in [3.05, 3.63) is 78.4 Å². The van der Waals surface area contributed by atoms with E-state index < -0.39 is 23.5 Å². The number of rotatable bonds is 23. The van der Waals surface area contributed by atoms with Gasteiger partial charge in [-0.1, -0.05) is 39.7 Å². The molecule has 0 aliphatic heterocycles. The minimum absolute atomic E-state index is 0.0473. The summed E-state index contributed by atoms with van der Waals surface area (Å²) in [6.07, 6.45) is 1.97. The Morgan fingerprint density at radius 2 is 0.909 bits per heavy atom. The number of Topliss-reactive ketones (excluding diaryl/α,β-unsaturated/α-hetero) is 1. The smallest absolute Gasteiger partial charge is 0.333 e. The molecule has 312 valence electrons. The largest absolute Gasteiger partial charge is 0.491 e. The van der Waals surface area contributed by atoms with Crippen LogP contribution in [-0.2, 0) is 47.6 Å². The van der Waals surface area contributed by atoms with Gasteiger partial charge in [-0.15, -0.1) is 0 Å². The maximum Gasteiger partial charge on any atom is 0.333 e. The summed E-state index contributed by atoms with van der Waals surface area (Å²) in [5, 5.41) is 26.3. The summed E-state index contributed by atoms with van der Waals surface area (Å²) in [4.78, 5) is 54.8. The van der Waals surface area contributed by atoms with Gasteiger partial charge < -0.3 is 48.5 Å². The first kappa shape index (κ1) is 54.7. The molecule has 0 unspecified atom stereocenters. The van der Waals surface area contributed by atoms with Gasteiger partial charge in [0.15, 0.2) is 5.78 Å².